The van der Waals surface area contributed by atoms with E-state index in [1.54, 1.807) is 0 Å². The van der Waals surface area contributed by atoms with Crippen molar-refractivity contribution in [3.63, 3.8) is 0 Å². The van der Waals surface area contributed by atoms with Crippen LogP contribution in [-0.4, -0.2) is 15.0 Å². The largest absolute Gasteiger partial charge is 0.254 e. The predicted molar refractivity (Wildman–Crippen MR) is 217 cm³/mol. The van der Waals surface area contributed by atoms with Crippen LogP contribution in [-0.2, 0) is 0 Å². The Morgan fingerprint density at radius 2 is 1.06 bits per heavy atom. The maximum atomic E-state index is 5.27. The fraction of sp³-hybridized carbons (Fsp3) is 0. The third kappa shape index (κ3) is 4.27. The molecule has 0 aliphatic carbocycles. The van der Waals surface area contributed by atoms with Crippen LogP contribution in [0.5, 0.6) is 0 Å². The van der Waals surface area contributed by atoms with Crippen LogP contribution < -0.4 is 0 Å². The lowest BCUT2D eigenvalue weighted by Crippen LogP contribution is -1.91. The van der Waals surface area contributed by atoms with Crippen molar-refractivity contribution < 1.29 is 0 Å². The Morgan fingerprint density at radius 3 is 1.94 bits per heavy atom. The maximum Gasteiger partial charge on any atom is 0.0970 e. The lowest BCUT2D eigenvalue weighted by molar-refractivity contribution is 1.37. The van der Waals surface area contributed by atoms with Gasteiger partial charge in [0.1, 0.15) is 0 Å². The van der Waals surface area contributed by atoms with Gasteiger partial charge in [0.05, 0.1) is 22.2 Å². The second-order valence-corrected chi connectivity index (χ2v) is 14.2. The summed E-state index contributed by atoms with van der Waals surface area (Å²) in [6.07, 6.45) is 3.75. The molecule has 11 aromatic rings. The molecule has 4 heterocycles. The average Bonchev–Trinajstić information content (AvgIpc) is 3.59. The van der Waals surface area contributed by atoms with Crippen LogP contribution in [0, 0.1) is 0 Å². The van der Waals surface area contributed by atoms with Crippen LogP contribution in [0.4, 0.5) is 0 Å². The maximum absolute atomic E-state index is 5.27. The number of rotatable bonds is 3. The number of thiophene rings is 1. The van der Waals surface area contributed by atoms with Crippen molar-refractivity contribution in [2.24, 2.45) is 0 Å². The van der Waals surface area contributed by atoms with Crippen LogP contribution in [0.15, 0.2) is 164 Å². The molecular weight excluding hydrogens is 639 g/mol. The summed E-state index contributed by atoms with van der Waals surface area (Å²) in [7, 11) is 0. The predicted octanol–water partition coefficient (Wildman–Crippen LogP) is 13.0. The van der Waals surface area contributed by atoms with Crippen molar-refractivity contribution in [2.75, 3.05) is 0 Å². The van der Waals surface area contributed by atoms with Crippen molar-refractivity contribution in [1.82, 2.24) is 15.0 Å². The van der Waals surface area contributed by atoms with Crippen molar-refractivity contribution in [3.8, 4) is 33.5 Å². The highest BCUT2D eigenvalue weighted by atomic mass is 32.1. The molecule has 0 saturated heterocycles. The molecule has 0 unspecified atom stereocenters. The Balaban J connectivity index is 1.06. The van der Waals surface area contributed by atoms with Crippen LogP contribution in [0.3, 0.4) is 0 Å². The standard InChI is InChI=1S/C47H27N3S/c1-2-10-33-32(9-1)31(21-22-34(33)35-25-27-49-46-37(35)20-19-29-8-7-26-48-45(29)46)28-15-17-30(18-16-28)44-40-24-23-38-36-11-4-6-14-42(36)51-47(38)43(40)39-12-3-5-13-41(39)50-44/h1-27H. The minimum Gasteiger partial charge on any atom is -0.254 e. The summed E-state index contributed by atoms with van der Waals surface area (Å²) in [6, 6.07) is 54.6. The lowest BCUT2D eigenvalue weighted by Gasteiger charge is -2.15. The van der Waals surface area contributed by atoms with Crippen molar-refractivity contribution in [1.29, 1.82) is 0 Å². The molecule has 0 atom stereocenters. The van der Waals surface area contributed by atoms with Gasteiger partial charge in [-0.25, -0.2) is 4.98 Å². The van der Waals surface area contributed by atoms with Crippen molar-refractivity contribution in [3.05, 3.63) is 164 Å². The minimum atomic E-state index is 0.928. The normalized spacial score (nSPS) is 11.9. The van der Waals surface area contributed by atoms with E-state index in [2.05, 4.69) is 151 Å². The van der Waals surface area contributed by atoms with Gasteiger partial charge in [0.2, 0.25) is 0 Å². The van der Waals surface area contributed by atoms with Crippen molar-refractivity contribution >= 4 is 85.8 Å². The Bertz CT molecular complexity index is 3200. The topological polar surface area (TPSA) is 38.7 Å². The summed E-state index contributed by atoms with van der Waals surface area (Å²) < 4.78 is 2.64. The van der Waals surface area contributed by atoms with Crippen LogP contribution >= 0.6 is 11.3 Å². The minimum absolute atomic E-state index is 0.928. The van der Waals surface area contributed by atoms with Gasteiger partial charge in [-0.2, -0.15) is 0 Å². The summed E-state index contributed by atoms with van der Waals surface area (Å²) in [4.78, 5) is 14.7. The highest BCUT2D eigenvalue weighted by Crippen LogP contribution is 2.44. The first kappa shape index (κ1) is 28.4. The monoisotopic (exact) mass is 665 g/mol. The van der Waals surface area contributed by atoms with E-state index < -0.39 is 0 Å². The van der Waals surface area contributed by atoms with Gasteiger partial charge >= 0.3 is 0 Å². The molecule has 51 heavy (non-hydrogen) atoms. The van der Waals surface area contributed by atoms with E-state index >= 15 is 0 Å². The lowest BCUT2D eigenvalue weighted by atomic mass is 9.90. The molecule has 0 fully saturated rings. The zero-order valence-electron chi connectivity index (χ0n) is 27.3. The van der Waals surface area contributed by atoms with Crippen LogP contribution in [0.25, 0.3) is 108 Å². The fourth-order valence-corrected chi connectivity index (χ4v) is 9.28. The number of hydrogen-bond donors (Lipinski definition) is 0. The number of para-hydroxylation sites is 1. The SMILES string of the molecule is c1cnc2c(c1)ccc1c(-c3ccc(-c4ccc(-c5nc6ccccc6c6c5ccc5c7ccccc7sc56)cc4)c4ccccc34)ccnc12. The summed E-state index contributed by atoms with van der Waals surface area (Å²) in [6.45, 7) is 0. The Kier molecular flexibility index (Phi) is 6.12. The molecule has 0 N–H and O–H groups in total. The smallest absolute Gasteiger partial charge is 0.0970 e. The van der Waals surface area contributed by atoms with Gasteiger partial charge in [0.25, 0.3) is 0 Å². The fourth-order valence-electron chi connectivity index (χ4n) is 8.02. The molecule has 0 amide bonds. The van der Waals surface area contributed by atoms with E-state index in [0.717, 1.165) is 44.1 Å². The van der Waals surface area contributed by atoms with E-state index in [1.807, 2.05) is 29.8 Å². The van der Waals surface area contributed by atoms with Gasteiger partial charge in [0, 0.05) is 65.1 Å². The van der Waals surface area contributed by atoms with Crippen molar-refractivity contribution in [2.45, 2.75) is 0 Å². The molecule has 0 aliphatic heterocycles. The number of benzene rings is 7. The quantitative estimate of drug-likeness (QED) is 0.176. The average molecular weight is 666 g/mol. The van der Waals surface area contributed by atoms with E-state index in [4.69, 9.17) is 9.97 Å². The summed E-state index contributed by atoms with van der Waals surface area (Å²) in [5, 5.41) is 10.9. The van der Waals surface area contributed by atoms with E-state index in [1.165, 1.54) is 63.8 Å². The van der Waals surface area contributed by atoms with Gasteiger partial charge in [-0.15, -0.1) is 11.3 Å². The molecule has 0 saturated carbocycles. The first-order chi connectivity index (χ1) is 25.3. The number of aromatic nitrogens is 3. The van der Waals surface area contributed by atoms with Crippen LogP contribution in [0.1, 0.15) is 0 Å². The summed E-state index contributed by atoms with van der Waals surface area (Å²) in [5.74, 6) is 0. The molecule has 4 aromatic heterocycles. The van der Waals surface area contributed by atoms with Gasteiger partial charge in [-0.3, -0.25) is 9.97 Å². The Morgan fingerprint density at radius 1 is 0.392 bits per heavy atom. The molecule has 3 nitrogen and oxygen atoms in total. The molecular formula is C47H27N3S. The van der Waals surface area contributed by atoms with Crippen LogP contribution in [0.2, 0.25) is 0 Å². The van der Waals surface area contributed by atoms with Gasteiger partial charge in [-0.1, -0.05) is 127 Å². The molecule has 0 aliphatic rings. The summed E-state index contributed by atoms with van der Waals surface area (Å²) in [5.41, 5.74) is 9.73. The molecule has 0 spiro atoms. The molecule has 4 heteroatoms. The van der Waals surface area contributed by atoms with Gasteiger partial charge in [-0.05, 0) is 57.3 Å². The number of fused-ring (bicyclic) bond motifs is 11. The second kappa shape index (κ2) is 11.0. The number of pyridine rings is 3. The third-order valence-electron chi connectivity index (χ3n) is 10.4. The molecule has 236 valence electrons. The zero-order valence-corrected chi connectivity index (χ0v) is 28.2. The highest BCUT2D eigenvalue weighted by Gasteiger charge is 2.17. The third-order valence-corrected chi connectivity index (χ3v) is 11.6. The molecule has 7 aromatic carbocycles. The zero-order chi connectivity index (χ0) is 33.5. The summed E-state index contributed by atoms with van der Waals surface area (Å²) >= 11 is 1.88. The molecule has 11 rings (SSSR count). The van der Waals surface area contributed by atoms with E-state index in [9.17, 15) is 0 Å². The first-order valence-corrected chi connectivity index (χ1v) is 18.0. The Hall–Kier alpha value is -6.49. The second-order valence-electron chi connectivity index (χ2n) is 13.1. The van der Waals surface area contributed by atoms with Gasteiger partial charge < -0.3 is 0 Å². The highest BCUT2D eigenvalue weighted by molar-refractivity contribution is 7.26. The number of hydrogen-bond acceptors (Lipinski definition) is 4. The first-order valence-electron chi connectivity index (χ1n) is 17.2. The Labute approximate surface area is 297 Å². The molecule has 0 radical (unpaired) electrons. The molecule has 0 bridgehead atoms. The number of nitrogens with zero attached hydrogens (tertiary/aromatic N) is 3. The van der Waals surface area contributed by atoms with Gasteiger partial charge in [0.15, 0.2) is 0 Å². The van der Waals surface area contributed by atoms with E-state index in [0.29, 0.717) is 0 Å². The van der Waals surface area contributed by atoms with E-state index in [-0.39, 0.29) is 0 Å².